The van der Waals surface area contributed by atoms with Crippen LogP contribution in [0.3, 0.4) is 0 Å². The summed E-state index contributed by atoms with van der Waals surface area (Å²) >= 11 is 1.38. The van der Waals surface area contributed by atoms with E-state index in [0.29, 0.717) is 48.9 Å². The number of methoxy groups -OCH3 is 1. The molecule has 1 atom stereocenters. The third-order valence-corrected chi connectivity index (χ3v) is 6.94. The fraction of sp³-hybridized carbons (Fsp3) is 0.375. The molecule has 3 aromatic rings. The van der Waals surface area contributed by atoms with Gasteiger partial charge in [0, 0.05) is 31.4 Å². The zero-order chi connectivity index (χ0) is 26.0. The number of carbonyl (C=O) groups excluding carboxylic acids is 1. The Morgan fingerprint density at radius 1 is 1.19 bits per heavy atom. The molecule has 0 aliphatic carbocycles. The number of likely N-dealkylation sites (tertiary alicyclic amines) is 1. The average molecular weight is 533 g/mol. The molecule has 0 bridgehead atoms. The van der Waals surface area contributed by atoms with Gasteiger partial charge in [-0.1, -0.05) is 0 Å². The minimum Gasteiger partial charge on any atom is -0.481 e. The molecule has 5 rings (SSSR count). The minimum absolute atomic E-state index is 0.0790. The Labute approximate surface area is 214 Å². The summed E-state index contributed by atoms with van der Waals surface area (Å²) < 4.78 is 51.1. The first-order valence-electron chi connectivity index (χ1n) is 11.5. The van der Waals surface area contributed by atoms with Crippen LogP contribution in [0.4, 0.5) is 18.9 Å². The van der Waals surface area contributed by atoms with E-state index in [1.165, 1.54) is 23.9 Å². The van der Waals surface area contributed by atoms with E-state index in [2.05, 4.69) is 19.9 Å². The predicted molar refractivity (Wildman–Crippen MR) is 128 cm³/mol. The number of halogens is 3. The summed E-state index contributed by atoms with van der Waals surface area (Å²) in [6.07, 6.45) is 2.95. The highest BCUT2D eigenvalue weighted by molar-refractivity contribution is 7.07. The molecule has 0 saturated carbocycles. The van der Waals surface area contributed by atoms with Crippen molar-refractivity contribution in [3.05, 3.63) is 64.3 Å². The van der Waals surface area contributed by atoms with Crippen LogP contribution in [-0.4, -0.2) is 57.5 Å². The summed E-state index contributed by atoms with van der Waals surface area (Å²) in [5.41, 5.74) is 2.97. The second-order valence-corrected chi connectivity index (χ2v) is 9.36. The van der Waals surface area contributed by atoms with Crippen LogP contribution in [0, 0.1) is 5.92 Å². The van der Waals surface area contributed by atoms with Gasteiger partial charge in [-0.05, 0) is 24.5 Å². The maximum absolute atomic E-state index is 13.5. The Hall–Kier alpha value is -3.74. The van der Waals surface area contributed by atoms with E-state index < -0.39 is 17.6 Å². The first-order chi connectivity index (χ1) is 17.8. The molecule has 3 aromatic heterocycles. The van der Waals surface area contributed by atoms with Gasteiger partial charge in [0.1, 0.15) is 17.6 Å². The second kappa shape index (κ2) is 10.3. The normalized spacial score (nSPS) is 17.8. The lowest BCUT2D eigenvalue weighted by atomic mass is 10.1. The molecule has 0 radical (unpaired) electrons. The Kier molecular flexibility index (Phi) is 6.96. The van der Waals surface area contributed by atoms with Crippen LogP contribution < -0.4 is 14.4 Å². The van der Waals surface area contributed by atoms with Crippen LogP contribution in [0.1, 0.15) is 33.7 Å². The van der Waals surface area contributed by atoms with Gasteiger partial charge in [-0.15, -0.1) is 11.3 Å². The molecule has 2 aliphatic rings. The summed E-state index contributed by atoms with van der Waals surface area (Å²) in [6.45, 7) is 1.94. The van der Waals surface area contributed by atoms with Crippen molar-refractivity contribution in [1.82, 2.24) is 24.8 Å². The smallest absolute Gasteiger partial charge is 0.421 e. The van der Waals surface area contributed by atoms with Crippen LogP contribution >= 0.6 is 11.3 Å². The van der Waals surface area contributed by atoms with Crippen molar-refractivity contribution in [2.24, 2.45) is 5.92 Å². The molecule has 0 N–H and O–H groups in total. The summed E-state index contributed by atoms with van der Waals surface area (Å²) in [4.78, 5) is 32.6. The Balaban J connectivity index is 1.27. The van der Waals surface area contributed by atoms with Crippen LogP contribution in [0.5, 0.6) is 11.8 Å². The lowest BCUT2D eigenvalue weighted by molar-refractivity contribution is -0.139. The molecule has 5 heterocycles. The molecule has 194 valence electrons. The monoisotopic (exact) mass is 532 g/mol. The largest absolute Gasteiger partial charge is 0.481 e. The van der Waals surface area contributed by atoms with Crippen LogP contribution in [-0.2, 0) is 19.1 Å². The van der Waals surface area contributed by atoms with E-state index in [1.54, 1.807) is 27.0 Å². The fourth-order valence-electron chi connectivity index (χ4n) is 4.44. The van der Waals surface area contributed by atoms with Crippen molar-refractivity contribution in [2.45, 2.75) is 25.6 Å². The summed E-state index contributed by atoms with van der Waals surface area (Å²) in [7, 11) is 1.16. The van der Waals surface area contributed by atoms with E-state index in [9.17, 15) is 18.0 Å². The van der Waals surface area contributed by atoms with Gasteiger partial charge in [-0.25, -0.2) is 19.9 Å². The minimum atomic E-state index is -4.59. The molecule has 0 spiro atoms. The summed E-state index contributed by atoms with van der Waals surface area (Å²) in [5, 5.41) is 1.74. The van der Waals surface area contributed by atoms with Crippen molar-refractivity contribution in [1.29, 1.82) is 0 Å². The number of anilines is 1. The molecule has 37 heavy (non-hydrogen) atoms. The zero-order valence-corrected chi connectivity index (χ0v) is 20.6. The van der Waals surface area contributed by atoms with Crippen molar-refractivity contribution in [3.8, 4) is 11.8 Å². The van der Waals surface area contributed by atoms with Gasteiger partial charge in [0.05, 0.1) is 48.6 Å². The van der Waals surface area contributed by atoms with Crippen molar-refractivity contribution in [2.75, 3.05) is 31.6 Å². The number of hydrogen-bond acceptors (Lipinski definition) is 9. The molecular formula is C24H23F3N6O3S. The lowest BCUT2D eigenvalue weighted by Gasteiger charge is -2.30. The fourth-order valence-corrected chi connectivity index (χ4v) is 4.97. The van der Waals surface area contributed by atoms with Gasteiger partial charge < -0.3 is 19.3 Å². The zero-order valence-electron chi connectivity index (χ0n) is 19.8. The molecule has 0 aromatic carbocycles. The highest BCUT2D eigenvalue weighted by Crippen LogP contribution is 2.38. The number of pyridine rings is 1. The molecule has 9 nitrogen and oxygen atoms in total. The van der Waals surface area contributed by atoms with Crippen LogP contribution in [0.15, 0.2) is 41.8 Å². The number of fused-ring (bicyclic) bond motifs is 1. The van der Waals surface area contributed by atoms with Gasteiger partial charge in [-0.2, -0.15) is 13.2 Å². The maximum atomic E-state index is 13.5. The number of hydrogen-bond donors (Lipinski definition) is 0. The van der Waals surface area contributed by atoms with Crippen molar-refractivity contribution in [3.63, 3.8) is 0 Å². The summed E-state index contributed by atoms with van der Waals surface area (Å²) in [6, 6.07) is 1.04. The van der Waals surface area contributed by atoms with E-state index in [1.807, 2.05) is 6.08 Å². The topological polar surface area (TPSA) is 93.6 Å². The third-order valence-electron chi connectivity index (χ3n) is 6.36. The Morgan fingerprint density at radius 3 is 2.81 bits per heavy atom. The summed E-state index contributed by atoms with van der Waals surface area (Å²) in [5.74, 6) is -0.0746. The van der Waals surface area contributed by atoms with Gasteiger partial charge >= 0.3 is 6.18 Å². The maximum Gasteiger partial charge on any atom is 0.421 e. The quantitative estimate of drug-likeness (QED) is 0.441. The SMILES string of the molecule is COc1ncc(N2CCc3ncnc(O/C=C/C4CCN(C(=O)c5cscn5)C4)c3C2)cc1C(F)(F)F. The molecule has 2 aliphatic heterocycles. The number of nitrogens with zero attached hydrogens (tertiary/aromatic N) is 6. The van der Waals surface area contributed by atoms with Crippen molar-refractivity contribution >= 4 is 22.9 Å². The number of rotatable bonds is 6. The van der Waals surface area contributed by atoms with Gasteiger partial charge in [0.25, 0.3) is 5.91 Å². The van der Waals surface area contributed by atoms with E-state index >= 15 is 0 Å². The number of thiazole rings is 1. The first kappa shape index (κ1) is 24.9. The standard InChI is InChI=1S/C24H23F3N6O3S/c1-35-22-18(24(25,26)27)8-16(9-28-22)32-6-3-19-17(11-32)21(30-13-29-19)36-7-4-15-2-5-33(10-15)23(34)20-12-37-14-31-20/h4,7-9,12-15H,2-3,5-6,10-11H2,1H3/b7-4+. The van der Waals surface area contributed by atoms with Crippen molar-refractivity contribution < 1.29 is 27.4 Å². The number of ether oxygens (including phenoxy) is 2. The first-order valence-corrected chi connectivity index (χ1v) is 12.5. The number of alkyl halides is 3. The van der Waals surface area contributed by atoms with E-state index in [0.717, 1.165) is 25.3 Å². The molecule has 1 unspecified atom stereocenters. The average Bonchev–Trinajstić information content (AvgIpc) is 3.60. The predicted octanol–water partition coefficient (Wildman–Crippen LogP) is 3.97. The van der Waals surface area contributed by atoms with E-state index in [4.69, 9.17) is 9.47 Å². The van der Waals surface area contributed by atoms with Crippen LogP contribution in [0.2, 0.25) is 0 Å². The molecule has 1 saturated heterocycles. The van der Waals surface area contributed by atoms with Crippen LogP contribution in [0.25, 0.3) is 0 Å². The number of carbonyl (C=O) groups is 1. The van der Waals surface area contributed by atoms with Gasteiger partial charge in [-0.3, -0.25) is 4.79 Å². The number of amides is 1. The highest BCUT2D eigenvalue weighted by Gasteiger charge is 2.36. The van der Waals surface area contributed by atoms with Gasteiger partial charge in [0.15, 0.2) is 0 Å². The molecule has 1 amide bonds. The number of aromatic nitrogens is 4. The molecular weight excluding hydrogens is 509 g/mol. The Morgan fingerprint density at radius 2 is 2.05 bits per heavy atom. The highest BCUT2D eigenvalue weighted by atomic mass is 32.1. The van der Waals surface area contributed by atoms with Gasteiger partial charge in [0.2, 0.25) is 11.8 Å². The Bertz CT molecular complexity index is 1300. The third kappa shape index (κ3) is 5.36. The van der Waals surface area contributed by atoms with E-state index in [-0.39, 0.29) is 18.4 Å². The molecule has 13 heteroatoms. The lowest BCUT2D eigenvalue weighted by Crippen LogP contribution is -2.32. The second-order valence-electron chi connectivity index (χ2n) is 8.64. The molecule has 1 fully saturated rings.